The summed E-state index contributed by atoms with van der Waals surface area (Å²) in [6, 6.07) is 8.35. The SMILES string of the molecule is CN=C(NCCOCCOC)NCCc1c[nH]c2ccccc12. The first-order valence-electron chi connectivity index (χ1n) is 7.91. The number of aromatic amines is 1. The van der Waals surface area contributed by atoms with Crippen LogP contribution >= 0.6 is 0 Å². The van der Waals surface area contributed by atoms with Crippen LogP contribution in [0.4, 0.5) is 0 Å². The zero-order chi connectivity index (χ0) is 16.3. The molecule has 0 aliphatic carbocycles. The fourth-order valence-corrected chi connectivity index (χ4v) is 2.36. The Balaban J connectivity index is 1.67. The van der Waals surface area contributed by atoms with Crippen molar-refractivity contribution in [2.75, 3.05) is 47.1 Å². The summed E-state index contributed by atoms with van der Waals surface area (Å²) in [6.07, 6.45) is 3.02. The van der Waals surface area contributed by atoms with Gasteiger partial charge >= 0.3 is 0 Å². The highest BCUT2D eigenvalue weighted by molar-refractivity contribution is 5.83. The van der Waals surface area contributed by atoms with E-state index in [1.165, 1.54) is 16.5 Å². The van der Waals surface area contributed by atoms with Crippen molar-refractivity contribution >= 4 is 16.9 Å². The Kier molecular flexibility index (Phi) is 7.42. The number of aromatic nitrogens is 1. The van der Waals surface area contributed by atoms with E-state index in [0.29, 0.717) is 19.8 Å². The van der Waals surface area contributed by atoms with Crippen molar-refractivity contribution in [3.63, 3.8) is 0 Å². The van der Waals surface area contributed by atoms with Crippen LogP contribution in [0.15, 0.2) is 35.5 Å². The van der Waals surface area contributed by atoms with Gasteiger partial charge in [-0.3, -0.25) is 4.99 Å². The first kappa shape index (κ1) is 17.3. The fourth-order valence-electron chi connectivity index (χ4n) is 2.36. The van der Waals surface area contributed by atoms with E-state index in [4.69, 9.17) is 9.47 Å². The number of hydrogen-bond donors (Lipinski definition) is 3. The van der Waals surface area contributed by atoms with Crippen LogP contribution in [-0.4, -0.2) is 58.0 Å². The maximum Gasteiger partial charge on any atom is 0.191 e. The number of methoxy groups -OCH3 is 1. The summed E-state index contributed by atoms with van der Waals surface area (Å²) in [5.74, 6) is 0.792. The molecule has 0 amide bonds. The van der Waals surface area contributed by atoms with Crippen molar-refractivity contribution in [2.45, 2.75) is 6.42 Å². The van der Waals surface area contributed by atoms with Crippen LogP contribution in [0.25, 0.3) is 10.9 Å². The van der Waals surface area contributed by atoms with Crippen LogP contribution in [0.5, 0.6) is 0 Å². The molecule has 0 aliphatic rings. The van der Waals surface area contributed by atoms with Gasteiger partial charge in [0.1, 0.15) is 0 Å². The number of hydrogen-bond acceptors (Lipinski definition) is 3. The average Bonchev–Trinajstić information content (AvgIpc) is 2.99. The average molecular weight is 318 g/mol. The molecule has 0 spiro atoms. The Morgan fingerprint density at radius 1 is 1.13 bits per heavy atom. The number of para-hydroxylation sites is 1. The second kappa shape index (κ2) is 9.86. The normalized spacial score (nSPS) is 11.8. The molecule has 23 heavy (non-hydrogen) atoms. The summed E-state index contributed by atoms with van der Waals surface area (Å²) < 4.78 is 10.3. The third-order valence-electron chi connectivity index (χ3n) is 3.56. The van der Waals surface area contributed by atoms with Crippen molar-refractivity contribution in [3.8, 4) is 0 Å². The summed E-state index contributed by atoms with van der Waals surface area (Å²) in [5.41, 5.74) is 2.49. The van der Waals surface area contributed by atoms with E-state index in [1.807, 2.05) is 6.07 Å². The second-order valence-corrected chi connectivity index (χ2v) is 5.14. The zero-order valence-corrected chi connectivity index (χ0v) is 13.9. The number of aliphatic imine (C=N–C) groups is 1. The summed E-state index contributed by atoms with van der Waals surface area (Å²) >= 11 is 0. The van der Waals surface area contributed by atoms with Gasteiger partial charge in [-0.25, -0.2) is 0 Å². The molecule has 0 bridgehead atoms. The Morgan fingerprint density at radius 3 is 2.78 bits per heavy atom. The molecule has 0 saturated carbocycles. The molecule has 126 valence electrons. The van der Waals surface area contributed by atoms with Crippen LogP contribution in [-0.2, 0) is 15.9 Å². The highest BCUT2D eigenvalue weighted by Crippen LogP contribution is 2.17. The molecule has 6 heteroatoms. The fraction of sp³-hybridized carbons (Fsp3) is 0.471. The molecule has 0 fully saturated rings. The van der Waals surface area contributed by atoms with Gasteiger partial charge in [-0.15, -0.1) is 0 Å². The van der Waals surface area contributed by atoms with Gasteiger partial charge in [0.15, 0.2) is 5.96 Å². The zero-order valence-electron chi connectivity index (χ0n) is 13.9. The molecular formula is C17H26N4O2. The molecule has 6 nitrogen and oxygen atoms in total. The largest absolute Gasteiger partial charge is 0.382 e. The Bertz CT molecular complexity index is 609. The van der Waals surface area contributed by atoms with Gasteiger partial charge in [-0.1, -0.05) is 18.2 Å². The quantitative estimate of drug-likeness (QED) is 0.373. The van der Waals surface area contributed by atoms with Gasteiger partial charge in [0.25, 0.3) is 0 Å². The van der Waals surface area contributed by atoms with Crippen LogP contribution in [0.3, 0.4) is 0 Å². The molecule has 0 aliphatic heterocycles. The maximum absolute atomic E-state index is 5.41. The highest BCUT2D eigenvalue weighted by Gasteiger charge is 2.03. The molecular weight excluding hydrogens is 292 g/mol. The van der Waals surface area contributed by atoms with E-state index in [1.54, 1.807) is 14.2 Å². The van der Waals surface area contributed by atoms with Crippen molar-refractivity contribution in [1.29, 1.82) is 0 Å². The van der Waals surface area contributed by atoms with E-state index in [2.05, 4.69) is 45.0 Å². The van der Waals surface area contributed by atoms with Gasteiger partial charge in [0.2, 0.25) is 0 Å². The van der Waals surface area contributed by atoms with Gasteiger partial charge in [-0.05, 0) is 18.1 Å². The first-order valence-corrected chi connectivity index (χ1v) is 7.91. The number of guanidine groups is 1. The predicted octanol–water partition coefficient (Wildman–Crippen LogP) is 1.54. The third-order valence-corrected chi connectivity index (χ3v) is 3.56. The van der Waals surface area contributed by atoms with E-state index < -0.39 is 0 Å². The van der Waals surface area contributed by atoms with Crippen LogP contribution in [0, 0.1) is 0 Å². The highest BCUT2D eigenvalue weighted by atomic mass is 16.5. The van der Waals surface area contributed by atoms with E-state index in [-0.39, 0.29) is 0 Å². The van der Waals surface area contributed by atoms with Crippen molar-refractivity contribution in [1.82, 2.24) is 15.6 Å². The molecule has 0 saturated heterocycles. The Hall–Kier alpha value is -2.05. The standard InChI is InChI=1S/C17H26N4O2/c1-18-17(20-9-10-23-12-11-22-2)19-8-7-14-13-21-16-6-4-3-5-15(14)16/h3-6,13,21H,7-12H2,1-2H3,(H2,18,19,20). The minimum Gasteiger partial charge on any atom is -0.382 e. The number of benzene rings is 1. The summed E-state index contributed by atoms with van der Waals surface area (Å²) in [6.45, 7) is 3.41. The van der Waals surface area contributed by atoms with E-state index >= 15 is 0 Å². The van der Waals surface area contributed by atoms with Gasteiger partial charge in [0.05, 0.1) is 19.8 Å². The summed E-state index contributed by atoms with van der Waals surface area (Å²) in [4.78, 5) is 7.51. The summed E-state index contributed by atoms with van der Waals surface area (Å²) in [5, 5.41) is 7.83. The number of nitrogens with zero attached hydrogens (tertiary/aromatic N) is 1. The monoisotopic (exact) mass is 318 g/mol. The first-order chi connectivity index (χ1) is 11.3. The molecule has 3 N–H and O–H groups in total. The lowest BCUT2D eigenvalue weighted by Crippen LogP contribution is -2.39. The Morgan fingerprint density at radius 2 is 1.96 bits per heavy atom. The minimum atomic E-state index is 0.616. The van der Waals surface area contributed by atoms with Crippen LogP contribution in [0.2, 0.25) is 0 Å². The molecule has 2 aromatic rings. The van der Waals surface area contributed by atoms with E-state index in [0.717, 1.165) is 25.5 Å². The number of rotatable bonds is 9. The van der Waals surface area contributed by atoms with Gasteiger partial charge in [-0.2, -0.15) is 0 Å². The molecule has 1 heterocycles. The molecule has 0 radical (unpaired) electrons. The van der Waals surface area contributed by atoms with Crippen LogP contribution in [0.1, 0.15) is 5.56 Å². The van der Waals surface area contributed by atoms with E-state index in [9.17, 15) is 0 Å². The van der Waals surface area contributed by atoms with Gasteiger partial charge < -0.3 is 25.1 Å². The number of fused-ring (bicyclic) bond motifs is 1. The number of H-pyrrole nitrogens is 1. The minimum absolute atomic E-state index is 0.616. The number of nitrogens with one attached hydrogen (secondary N) is 3. The molecule has 2 rings (SSSR count). The number of ether oxygens (including phenoxy) is 2. The van der Waals surface area contributed by atoms with Crippen molar-refractivity contribution in [3.05, 3.63) is 36.0 Å². The lowest BCUT2D eigenvalue weighted by Gasteiger charge is -2.11. The molecule has 0 unspecified atom stereocenters. The smallest absolute Gasteiger partial charge is 0.191 e. The molecule has 1 aromatic heterocycles. The molecule has 1 aromatic carbocycles. The lowest BCUT2D eigenvalue weighted by atomic mass is 10.1. The third kappa shape index (κ3) is 5.58. The predicted molar refractivity (Wildman–Crippen MR) is 94.1 cm³/mol. The second-order valence-electron chi connectivity index (χ2n) is 5.14. The molecule has 0 atom stereocenters. The summed E-state index contributed by atoms with van der Waals surface area (Å²) in [7, 11) is 3.44. The van der Waals surface area contributed by atoms with Crippen molar-refractivity contribution in [2.24, 2.45) is 4.99 Å². The topological polar surface area (TPSA) is 70.7 Å². The lowest BCUT2D eigenvalue weighted by molar-refractivity contribution is 0.0733. The van der Waals surface area contributed by atoms with Gasteiger partial charge in [0, 0.05) is 44.3 Å². The van der Waals surface area contributed by atoms with Crippen LogP contribution < -0.4 is 10.6 Å². The Labute approximate surface area is 137 Å². The van der Waals surface area contributed by atoms with Crippen molar-refractivity contribution < 1.29 is 9.47 Å². The maximum atomic E-state index is 5.41.